The van der Waals surface area contributed by atoms with Gasteiger partial charge in [0.05, 0.1) is 11.7 Å². The van der Waals surface area contributed by atoms with Crippen LogP contribution in [0.5, 0.6) is 0 Å². The summed E-state index contributed by atoms with van der Waals surface area (Å²) in [7, 11) is 0. The number of urea groups is 1. The smallest absolute Gasteiger partial charge is 0.319 e. The number of benzene rings is 1. The molecule has 5 nitrogen and oxygen atoms in total. The summed E-state index contributed by atoms with van der Waals surface area (Å²) in [5.74, 6) is 0. The molecule has 0 aliphatic carbocycles. The number of nitrogens with one attached hydrogen (secondary N) is 2. The summed E-state index contributed by atoms with van der Waals surface area (Å²) in [5, 5.41) is 9.87. The van der Waals surface area contributed by atoms with E-state index in [0.717, 1.165) is 22.3 Å². The first kappa shape index (κ1) is 13.2. The highest BCUT2D eigenvalue weighted by molar-refractivity contribution is 5.89. The molecule has 0 spiro atoms. The van der Waals surface area contributed by atoms with E-state index in [-0.39, 0.29) is 6.03 Å². The van der Waals surface area contributed by atoms with Gasteiger partial charge in [-0.05, 0) is 31.2 Å². The first-order chi connectivity index (χ1) is 10.2. The van der Waals surface area contributed by atoms with Crippen LogP contribution in [-0.4, -0.2) is 15.6 Å². The van der Waals surface area contributed by atoms with Gasteiger partial charge in [-0.1, -0.05) is 23.8 Å². The quantitative estimate of drug-likeness (QED) is 0.775. The number of hydrogen-bond donors (Lipinski definition) is 2. The van der Waals surface area contributed by atoms with Crippen LogP contribution in [0.2, 0.25) is 0 Å². The molecule has 21 heavy (non-hydrogen) atoms. The number of aromatic nitrogens is 2. The minimum atomic E-state index is -0.228. The normalized spacial score (nSPS) is 10.5. The minimum absolute atomic E-state index is 0.228. The molecule has 3 rings (SSSR count). The third kappa shape index (κ3) is 3.02. The Kier molecular flexibility index (Phi) is 3.55. The molecule has 2 heterocycles. The Hall–Kier alpha value is -2.82. The van der Waals surface area contributed by atoms with E-state index in [1.807, 2.05) is 55.6 Å². The van der Waals surface area contributed by atoms with Crippen LogP contribution in [0.3, 0.4) is 0 Å². The van der Waals surface area contributed by atoms with Crippen LogP contribution in [0.15, 0.2) is 54.9 Å². The van der Waals surface area contributed by atoms with Gasteiger partial charge in [-0.2, -0.15) is 5.10 Å². The Morgan fingerprint density at radius 1 is 1.19 bits per heavy atom. The van der Waals surface area contributed by atoms with Gasteiger partial charge in [-0.25, -0.2) is 9.31 Å². The topological polar surface area (TPSA) is 58.4 Å². The van der Waals surface area contributed by atoms with Crippen molar-refractivity contribution in [1.29, 1.82) is 0 Å². The molecule has 5 heteroatoms. The van der Waals surface area contributed by atoms with Gasteiger partial charge >= 0.3 is 6.03 Å². The molecule has 0 aliphatic heterocycles. The van der Waals surface area contributed by atoms with Gasteiger partial charge in [-0.15, -0.1) is 0 Å². The van der Waals surface area contributed by atoms with Crippen molar-refractivity contribution in [3.63, 3.8) is 0 Å². The Morgan fingerprint density at radius 2 is 2.00 bits per heavy atom. The molecule has 0 radical (unpaired) electrons. The van der Waals surface area contributed by atoms with Gasteiger partial charge in [-0.3, -0.25) is 0 Å². The Balaban J connectivity index is 1.62. The first-order valence-electron chi connectivity index (χ1n) is 6.75. The molecule has 0 atom stereocenters. The molecular weight excluding hydrogens is 264 g/mol. The lowest BCUT2D eigenvalue weighted by Crippen LogP contribution is -2.28. The zero-order valence-corrected chi connectivity index (χ0v) is 11.7. The molecule has 0 fully saturated rings. The minimum Gasteiger partial charge on any atom is -0.334 e. The fourth-order valence-electron chi connectivity index (χ4n) is 2.11. The molecule has 3 aromatic rings. The van der Waals surface area contributed by atoms with Crippen LogP contribution in [0.4, 0.5) is 10.5 Å². The molecular formula is C16H16N4O. The van der Waals surface area contributed by atoms with Gasteiger partial charge in [0.25, 0.3) is 0 Å². The highest BCUT2D eigenvalue weighted by Crippen LogP contribution is 2.10. The summed E-state index contributed by atoms with van der Waals surface area (Å²) in [6, 6.07) is 13.3. The summed E-state index contributed by atoms with van der Waals surface area (Å²) < 4.78 is 1.79. The van der Waals surface area contributed by atoms with E-state index >= 15 is 0 Å². The predicted octanol–water partition coefficient (Wildman–Crippen LogP) is 2.96. The summed E-state index contributed by atoms with van der Waals surface area (Å²) in [6.45, 7) is 2.44. The van der Waals surface area contributed by atoms with Crippen LogP contribution < -0.4 is 10.6 Å². The number of pyridine rings is 1. The van der Waals surface area contributed by atoms with Gasteiger partial charge in [0.15, 0.2) is 0 Å². The lowest BCUT2D eigenvalue weighted by atomic mass is 10.2. The van der Waals surface area contributed by atoms with Crippen LogP contribution in [-0.2, 0) is 6.54 Å². The number of carbonyl (C=O) groups is 1. The molecule has 2 aromatic heterocycles. The fourth-order valence-corrected chi connectivity index (χ4v) is 2.11. The molecule has 2 amide bonds. The Labute approximate surface area is 122 Å². The van der Waals surface area contributed by atoms with Crippen molar-refractivity contribution >= 4 is 17.2 Å². The largest absolute Gasteiger partial charge is 0.334 e. The Bertz CT molecular complexity index is 761. The van der Waals surface area contributed by atoms with Gasteiger partial charge in [0.2, 0.25) is 0 Å². The Morgan fingerprint density at radius 3 is 2.81 bits per heavy atom. The number of aryl methyl sites for hydroxylation is 1. The predicted molar refractivity (Wildman–Crippen MR) is 82.2 cm³/mol. The van der Waals surface area contributed by atoms with E-state index in [0.29, 0.717) is 6.54 Å². The number of fused-ring (bicyclic) bond motifs is 1. The summed E-state index contributed by atoms with van der Waals surface area (Å²) in [4.78, 5) is 11.9. The standard InChI is InChI=1S/C16H16N4O/c1-12-5-7-14(8-6-12)19-16(21)17-10-13-11-18-20-9-3-2-4-15(13)20/h2-9,11H,10H2,1H3,(H2,17,19,21). The van der Waals surface area contributed by atoms with Crippen LogP contribution in [0, 0.1) is 6.92 Å². The van der Waals surface area contributed by atoms with E-state index in [2.05, 4.69) is 15.7 Å². The second-order valence-corrected chi connectivity index (χ2v) is 4.87. The maximum Gasteiger partial charge on any atom is 0.319 e. The maximum absolute atomic E-state index is 11.9. The van der Waals surface area contributed by atoms with E-state index in [4.69, 9.17) is 0 Å². The van der Waals surface area contributed by atoms with Crippen LogP contribution in [0.1, 0.15) is 11.1 Å². The summed E-state index contributed by atoms with van der Waals surface area (Å²) >= 11 is 0. The molecule has 0 unspecified atom stereocenters. The molecule has 106 valence electrons. The van der Waals surface area contributed by atoms with Gasteiger partial charge in [0.1, 0.15) is 0 Å². The monoisotopic (exact) mass is 280 g/mol. The second kappa shape index (κ2) is 5.66. The number of rotatable bonds is 3. The molecule has 2 N–H and O–H groups in total. The average Bonchev–Trinajstić information content (AvgIpc) is 2.91. The van der Waals surface area contributed by atoms with Crippen molar-refractivity contribution in [3.05, 3.63) is 66.0 Å². The van der Waals surface area contributed by atoms with E-state index < -0.39 is 0 Å². The lowest BCUT2D eigenvalue weighted by Gasteiger charge is -2.07. The molecule has 0 bridgehead atoms. The number of hydrogen-bond acceptors (Lipinski definition) is 2. The molecule has 0 saturated heterocycles. The maximum atomic E-state index is 11.9. The van der Waals surface area contributed by atoms with E-state index in [9.17, 15) is 4.79 Å². The van der Waals surface area contributed by atoms with Crippen molar-refractivity contribution in [2.45, 2.75) is 13.5 Å². The van der Waals surface area contributed by atoms with Crippen molar-refractivity contribution in [2.75, 3.05) is 5.32 Å². The van der Waals surface area contributed by atoms with Crippen molar-refractivity contribution in [1.82, 2.24) is 14.9 Å². The molecule has 0 aliphatic rings. The highest BCUT2D eigenvalue weighted by Gasteiger charge is 2.05. The number of anilines is 1. The zero-order valence-electron chi connectivity index (χ0n) is 11.7. The highest BCUT2D eigenvalue weighted by atomic mass is 16.2. The van der Waals surface area contributed by atoms with E-state index in [1.165, 1.54) is 0 Å². The SMILES string of the molecule is Cc1ccc(NC(=O)NCc2cnn3ccccc23)cc1. The van der Waals surface area contributed by atoms with Crippen molar-refractivity contribution < 1.29 is 4.79 Å². The zero-order chi connectivity index (χ0) is 14.7. The fraction of sp³-hybridized carbons (Fsp3) is 0.125. The third-order valence-electron chi connectivity index (χ3n) is 3.26. The number of carbonyl (C=O) groups excluding carboxylic acids is 1. The summed E-state index contributed by atoms with van der Waals surface area (Å²) in [6.07, 6.45) is 3.65. The second-order valence-electron chi connectivity index (χ2n) is 4.87. The van der Waals surface area contributed by atoms with Crippen molar-refractivity contribution in [3.8, 4) is 0 Å². The first-order valence-corrected chi connectivity index (χ1v) is 6.75. The lowest BCUT2D eigenvalue weighted by molar-refractivity contribution is 0.252. The van der Waals surface area contributed by atoms with Gasteiger partial charge in [0, 0.05) is 24.0 Å². The molecule has 0 saturated carbocycles. The number of amides is 2. The molecule has 1 aromatic carbocycles. The van der Waals surface area contributed by atoms with Gasteiger partial charge < -0.3 is 10.6 Å². The third-order valence-corrected chi connectivity index (χ3v) is 3.26. The van der Waals surface area contributed by atoms with Crippen LogP contribution in [0.25, 0.3) is 5.52 Å². The van der Waals surface area contributed by atoms with Crippen LogP contribution >= 0.6 is 0 Å². The van der Waals surface area contributed by atoms with E-state index in [1.54, 1.807) is 10.7 Å². The summed E-state index contributed by atoms with van der Waals surface area (Å²) in [5.41, 5.74) is 3.91. The van der Waals surface area contributed by atoms with Crippen molar-refractivity contribution in [2.24, 2.45) is 0 Å². The number of nitrogens with zero attached hydrogens (tertiary/aromatic N) is 2. The average molecular weight is 280 g/mol.